The first kappa shape index (κ1) is 11.9. The summed E-state index contributed by atoms with van der Waals surface area (Å²) < 4.78 is 5.36. The van der Waals surface area contributed by atoms with Crippen molar-refractivity contribution in [3.05, 3.63) is 29.3 Å². The molecule has 0 aliphatic carbocycles. The summed E-state index contributed by atoms with van der Waals surface area (Å²) in [6.45, 7) is 4.51. The number of benzene rings is 1. The maximum absolute atomic E-state index is 11.4. The maximum Gasteiger partial charge on any atom is 0.236 e. The Hall–Kier alpha value is -1.55. The topological polar surface area (TPSA) is 50.4 Å². The smallest absolute Gasteiger partial charge is 0.236 e. The van der Waals surface area contributed by atoms with Gasteiger partial charge in [-0.05, 0) is 19.9 Å². The summed E-state index contributed by atoms with van der Waals surface area (Å²) in [7, 11) is 1.67. The van der Waals surface area contributed by atoms with Crippen molar-refractivity contribution in [1.29, 1.82) is 0 Å². The average molecular weight is 234 g/mol. The molecule has 1 aliphatic rings. The predicted molar refractivity (Wildman–Crippen MR) is 66.1 cm³/mol. The molecule has 0 radical (unpaired) electrons. The second kappa shape index (κ2) is 4.75. The van der Waals surface area contributed by atoms with Crippen LogP contribution in [-0.4, -0.2) is 25.6 Å². The number of amides is 1. The molecule has 1 aromatic rings. The van der Waals surface area contributed by atoms with Crippen molar-refractivity contribution in [1.82, 2.24) is 10.6 Å². The number of ether oxygens (including phenoxy) is 1. The Kier molecular flexibility index (Phi) is 3.33. The third kappa shape index (κ3) is 2.42. The lowest BCUT2D eigenvalue weighted by Gasteiger charge is -2.30. The number of rotatable bonds is 2. The summed E-state index contributed by atoms with van der Waals surface area (Å²) in [6.07, 6.45) is 0. The molecule has 0 spiro atoms. The van der Waals surface area contributed by atoms with E-state index in [0.717, 1.165) is 11.3 Å². The lowest BCUT2D eigenvalue weighted by Crippen LogP contribution is -2.52. The van der Waals surface area contributed by atoms with Gasteiger partial charge in [-0.3, -0.25) is 10.1 Å². The molecule has 2 N–H and O–H groups in total. The number of carbonyl (C=O) groups excluding carboxylic acids is 1. The normalized spacial score (nSPS) is 24.3. The van der Waals surface area contributed by atoms with E-state index in [1.54, 1.807) is 7.11 Å². The Morgan fingerprint density at radius 1 is 1.41 bits per heavy atom. The van der Waals surface area contributed by atoms with Gasteiger partial charge in [0.15, 0.2) is 0 Å². The van der Waals surface area contributed by atoms with Crippen molar-refractivity contribution in [3.63, 3.8) is 0 Å². The number of piperazine rings is 1. The molecule has 1 fully saturated rings. The first-order valence-electron chi connectivity index (χ1n) is 5.80. The zero-order valence-electron chi connectivity index (χ0n) is 10.4. The largest absolute Gasteiger partial charge is 0.496 e. The minimum absolute atomic E-state index is 0.0490. The van der Waals surface area contributed by atoms with Gasteiger partial charge in [0.25, 0.3) is 0 Å². The molecule has 1 aliphatic heterocycles. The molecule has 4 heteroatoms. The summed E-state index contributed by atoms with van der Waals surface area (Å²) in [5.41, 5.74) is 2.28. The number of hydrogen-bond acceptors (Lipinski definition) is 3. The fraction of sp³-hybridized carbons (Fsp3) is 0.462. The highest BCUT2D eigenvalue weighted by atomic mass is 16.5. The standard InChI is InChI=1S/C13H18N2O2/c1-8-4-5-12(17-3)10(6-8)11-7-14-13(16)9(2)15-11/h4-6,9,11,15H,7H2,1-3H3,(H,14,16)/t9-,11?/m0/s1. The van der Waals surface area contributed by atoms with E-state index in [4.69, 9.17) is 4.74 Å². The summed E-state index contributed by atoms with van der Waals surface area (Å²) in [6, 6.07) is 6.03. The van der Waals surface area contributed by atoms with Crippen LogP contribution in [0.15, 0.2) is 18.2 Å². The number of nitrogens with one attached hydrogen (secondary N) is 2. The van der Waals surface area contributed by atoms with E-state index < -0.39 is 0 Å². The molecular formula is C13H18N2O2. The fourth-order valence-electron chi connectivity index (χ4n) is 2.12. The second-order valence-corrected chi connectivity index (χ2v) is 4.43. The Bertz CT molecular complexity index is 431. The minimum Gasteiger partial charge on any atom is -0.496 e. The van der Waals surface area contributed by atoms with Gasteiger partial charge in [0.1, 0.15) is 5.75 Å². The van der Waals surface area contributed by atoms with Gasteiger partial charge >= 0.3 is 0 Å². The highest BCUT2D eigenvalue weighted by Gasteiger charge is 2.26. The van der Waals surface area contributed by atoms with Crippen molar-refractivity contribution in [2.24, 2.45) is 0 Å². The molecule has 1 heterocycles. The van der Waals surface area contributed by atoms with Crippen LogP contribution in [0.5, 0.6) is 5.75 Å². The van der Waals surface area contributed by atoms with E-state index in [-0.39, 0.29) is 18.0 Å². The van der Waals surface area contributed by atoms with Gasteiger partial charge in [0.2, 0.25) is 5.91 Å². The van der Waals surface area contributed by atoms with Crippen LogP contribution < -0.4 is 15.4 Å². The molecule has 4 nitrogen and oxygen atoms in total. The number of aryl methyl sites for hydroxylation is 1. The molecule has 92 valence electrons. The molecule has 17 heavy (non-hydrogen) atoms. The maximum atomic E-state index is 11.4. The van der Waals surface area contributed by atoms with E-state index in [0.29, 0.717) is 6.54 Å². The van der Waals surface area contributed by atoms with Crippen molar-refractivity contribution in [3.8, 4) is 5.75 Å². The van der Waals surface area contributed by atoms with E-state index in [1.165, 1.54) is 5.56 Å². The molecule has 1 amide bonds. The third-order valence-corrected chi connectivity index (χ3v) is 3.09. The number of methoxy groups -OCH3 is 1. The van der Waals surface area contributed by atoms with E-state index >= 15 is 0 Å². The second-order valence-electron chi connectivity index (χ2n) is 4.43. The average Bonchev–Trinajstić information content (AvgIpc) is 2.32. The summed E-state index contributed by atoms with van der Waals surface area (Å²) in [5, 5.41) is 6.19. The van der Waals surface area contributed by atoms with Crippen LogP contribution >= 0.6 is 0 Å². The van der Waals surface area contributed by atoms with Gasteiger partial charge in [-0.25, -0.2) is 0 Å². The molecular weight excluding hydrogens is 216 g/mol. The predicted octanol–water partition coefficient (Wildman–Crippen LogP) is 1.15. The molecule has 2 rings (SSSR count). The summed E-state index contributed by atoms with van der Waals surface area (Å²) in [4.78, 5) is 11.4. The van der Waals surface area contributed by atoms with Crippen molar-refractivity contribution in [2.45, 2.75) is 25.9 Å². The zero-order valence-corrected chi connectivity index (χ0v) is 10.4. The van der Waals surface area contributed by atoms with Gasteiger partial charge in [-0.2, -0.15) is 0 Å². The van der Waals surface area contributed by atoms with Crippen molar-refractivity contribution in [2.75, 3.05) is 13.7 Å². The quantitative estimate of drug-likeness (QED) is 0.807. The van der Waals surface area contributed by atoms with Crippen LogP contribution in [0.3, 0.4) is 0 Å². The van der Waals surface area contributed by atoms with Crippen LogP contribution in [0, 0.1) is 6.92 Å². The SMILES string of the molecule is COc1ccc(C)cc1C1CNC(=O)[C@H](C)N1. The Labute approximate surface area is 101 Å². The van der Waals surface area contributed by atoms with Crippen LogP contribution in [-0.2, 0) is 4.79 Å². The van der Waals surface area contributed by atoms with E-state index in [2.05, 4.69) is 16.7 Å². The number of carbonyl (C=O) groups is 1. The monoisotopic (exact) mass is 234 g/mol. The summed E-state index contributed by atoms with van der Waals surface area (Å²) in [5.74, 6) is 0.907. The van der Waals surface area contributed by atoms with Gasteiger partial charge in [0, 0.05) is 12.1 Å². The van der Waals surface area contributed by atoms with Gasteiger partial charge < -0.3 is 10.1 Å². The van der Waals surface area contributed by atoms with Crippen LogP contribution in [0.4, 0.5) is 0 Å². The van der Waals surface area contributed by atoms with Crippen LogP contribution in [0.1, 0.15) is 24.1 Å². The van der Waals surface area contributed by atoms with Gasteiger partial charge in [0.05, 0.1) is 19.2 Å². The molecule has 0 saturated carbocycles. The molecule has 0 bridgehead atoms. The first-order valence-corrected chi connectivity index (χ1v) is 5.80. The van der Waals surface area contributed by atoms with Crippen LogP contribution in [0.25, 0.3) is 0 Å². The van der Waals surface area contributed by atoms with Crippen LogP contribution in [0.2, 0.25) is 0 Å². The molecule has 1 unspecified atom stereocenters. The van der Waals surface area contributed by atoms with E-state index in [9.17, 15) is 4.79 Å². The molecule has 2 atom stereocenters. The lowest BCUT2D eigenvalue weighted by atomic mass is 10.00. The Morgan fingerprint density at radius 2 is 2.18 bits per heavy atom. The van der Waals surface area contributed by atoms with E-state index in [1.807, 2.05) is 26.0 Å². The fourth-order valence-corrected chi connectivity index (χ4v) is 2.12. The highest BCUT2D eigenvalue weighted by molar-refractivity contribution is 5.82. The zero-order chi connectivity index (χ0) is 12.4. The van der Waals surface area contributed by atoms with Gasteiger partial charge in [-0.1, -0.05) is 17.7 Å². The first-order chi connectivity index (χ1) is 8.11. The number of hydrogen-bond donors (Lipinski definition) is 2. The molecule has 0 aromatic heterocycles. The molecule has 1 saturated heterocycles. The Morgan fingerprint density at radius 3 is 2.82 bits per heavy atom. The van der Waals surface area contributed by atoms with Crippen molar-refractivity contribution >= 4 is 5.91 Å². The van der Waals surface area contributed by atoms with Crippen molar-refractivity contribution < 1.29 is 9.53 Å². The summed E-state index contributed by atoms with van der Waals surface area (Å²) >= 11 is 0. The third-order valence-electron chi connectivity index (χ3n) is 3.09. The Balaban J connectivity index is 2.27. The lowest BCUT2D eigenvalue weighted by molar-refractivity contribution is -0.124. The molecule has 1 aromatic carbocycles. The van der Waals surface area contributed by atoms with Gasteiger partial charge in [-0.15, -0.1) is 0 Å². The highest BCUT2D eigenvalue weighted by Crippen LogP contribution is 2.27. The minimum atomic E-state index is -0.168.